The summed E-state index contributed by atoms with van der Waals surface area (Å²) in [6, 6.07) is 7.36. The molecule has 1 N–H and O–H groups in total. The minimum Gasteiger partial charge on any atom is -0.395 e. The number of rotatable bonds is 4. The van der Waals surface area contributed by atoms with Gasteiger partial charge in [0.05, 0.1) is 6.61 Å². The van der Waals surface area contributed by atoms with Crippen molar-refractivity contribution in [3.63, 3.8) is 0 Å². The van der Waals surface area contributed by atoms with Crippen LogP contribution >= 0.6 is 0 Å². The van der Waals surface area contributed by atoms with Gasteiger partial charge in [-0.2, -0.15) is 0 Å². The number of carbonyl (C=O) groups excluding carboxylic acids is 1. The molecule has 1 aromatic rings. The molecule has 0 spiro atoms. The van der Waals surface area contributed by atoms with E-state index >= 15 is 0 Å². The summed E-state index contributed by atoms with van der Waals surface area (Å²) in [6.45, 7) is 0.937. The van der Waals surface area contributed by atoms with E-state index in [1.54, 1.807) is 0 Å². The van der Waals surface area contributed by atoms with Crippen molar-refractivity contribution in [3.05, 3.63) is 35.4 Å². The quantitative estimate of drug-likeness (QED) is 0.854. The highest BCUT2D eigenvalue weighted by atomic mass is 16.2. The maximum Gasteiger partial charge on any atom is 0.253 e. The van der Waals surface area contributed by atoms with Gasteiger partial charge in [0.1, 0.15) is 0 Å². The molecule has 0 aliphatic heterocycles. The van der Waals surface area contributed by atoms with E-state index in [1.807, 2.05) is 36.2 Å². The lowest BCUT2D eigenvalue weighted by molar-refractivity contribution is 0.0745. The summed E-state index contributed by atoms with van der Waals surface area (Å²) in [6.07, 6.45) is 4.27. The fraction of sp³-hybridized carbons (Fsp3) is 0.471. The number of hydrogen-bond acceptors (Lipinski definition) is 2. The summed E-state index contributed by atoms with van der Waals surface area (Å²) in [5.41, 5.74) is 1.58. The molecule has 0 bridgehead atoms. The summed E-state index contributed by atoms with van der Waals surface area (Å²) >= 11 is 0. The third-order valence-electron chi connectivity index (χ3n) is 3.70. The van der Waals surface area contributed by atoms with Gasteiger partial charge in [0.15, 0.2) is 0 Å². The average Bonchev–Trinajstić information content (AvgIpc) is 2.43. The number of amides is 1. The Kier molecular flexibility index (Phi) is 5.20. The van der Waals surface area contributed by atoms with Gasteiger partial charge < -0.3 is 10.0 Å². The largest absolute Gasteiger partial charge is 0.395 e. The van der Waals surface area contributed by atoms with E-state index < -0.39 is 0 Å². The number of benzene rings is 1. The molecule has 106 valence electrons. The van der Waals surface area contributed by atoms with Gasteiger partial charge in [0.25, 0.3) is 5.91 Å². The zero-order valence-corrected chi connectivity index (χ0v) is 11.9. The Hall–Kier alpha value is -1.79. The van der Waals surface area contributed by atoms with Crippen LogP contribution in [0.3, 0.4) is 0 Å². The Bertz CT molecular complexity index is 506. The lowest BCUT2D eigenvalue weighted by Crippen LogP contribution is -2.34. The van der Waals surface area contributed by atoms with Crippen molar-refractivity contribution in [1.82, 2.24) is 4.90 Å². The van der Waals surface area contributed by atoms with Crippen LogP contribution < -0.4 is 0 Å². The Morgan fingerprint density at radius 2 is 2.05 bits per heavy atom. The molecule has 3 nitrogen and oxygen atoms in total. The number of hydrogen-bond donors (Lipinski definition) is 1. The van der Waals surface area contributed by atoms with Gasteiger partial charge >= 0.3 is 0 Å². The standard InChI is InChI=1S/C17H21NO2/c1-18(13-15-6-4-7-15)17(20)16-10-8-14(9-11-16)5-2-3-12-19/h8-11,15,19H,3-4,6-7,12-13H2,1H3. The summed E-state index contributed by atoms with van der Waals surface area (Å²) in [7, 11) is 1.87. The third-order valence-corrected chi connectivity index (χ3v) is 3.70. The lowest BCUT2D eigenvalue weighted by Gasteiger charge is -2.30. The molecular formula is C17H21NO2. The van der Waals surface area contributed by atoms with Gasteiger partial charge in [-0.15, -0.1) is 0 Å². The fourth-order valence-electron chi connectivity index (χ4n) is 2.28. The predicted octanol–water partition coefficient (Wildman–Crippen LogP) is 2.29. The van der Waals surface area contributed by atoms with Crippen LogP contribution in [0.1, 0.15) is 41.6 Å². The van der Waals surface area contributed by atoms with Crippen molar-refractivity contribution in [1.29, 1.82) is 0 Å². The Balaban J connectivity index is 1.94. The highest BCUT2D eigenvalue weighted by molar-refractivity contribution is 5.94. The zero-order chi connectivity index (χ0) is 14.4. The highest BCUT2D eigenvalue weighted by Gasteiger charge is 2.21. The Labute approximate surface area is 120 Å². The second-order valence-corrected chi connectivity index (χ2v) is 5.34. The molecule has 1 saturated carbocycles. The first kappa shape index (κ1) is 14.6. The zero-order valence-electron chi connectivity index (χ0n) is 11.9. The maximum absolute atomic E-state index is 12.2. The van der Waals surface area contributed by atoms with Crippen LogP contribution in [0.4, 0.5) is 0 Å². The Morgan fingerprint density at radius 1 is 1.35 bits per heavy atom. The molecule has 0 radical (unpaired) electrons. The van der Waals surface area contributed by atoms with Crippen LogP contribution in [0, 0.1) is 17.8 Å². The van der Waals surface area contributed by atoms with Gasteiger partial charge in [-0.05, 0) is 43.0 Å². The molecule has 1 aromatic carbocycles. The van der Waals surface area contributed by atoms with Crippen LogP contribution in [-0.4, -0.2) is 36.1 Å². The van der Waals surface area contributed by atoms with Crippen molar-refractivity contribution >= 4 is 5.91 Å². The van der Waals surface area contributed by atoms with Crippen molar-refractivity contribution < 1.29 is 9.90 Å². The molecule has 0 aromatic heterocycles. The van der Waals surface area contributed by atoms with E-state index in [0.29, 0.717) is 17.9 Å². The summed E-state index contributed by atoms with van der Waals surface area (Å²) < 4.78 is 0. The van der Waals surface area contributed by atoms with E-state index in [4.69, 9.17) is 5.11 Å². The Morgan fingerprint density at radius 3 is 2.60 bits per heavy atom. The van der Waals surface area contributed by atoms with Gasteiger partial charge in [0, 0.05) is 31.1 Å². The third kappa shape index (κ3) is 3.85. The van der Waals surface area contributed by atoms with E-state index in [0.717, 1.165) is 12.1 Å². The normalized spacial score (nSPS) is 14.1. The average molecular weight is 271 g/mol. The molecule has 1 amide bonds. The molecule has 0 atom stereocenters. The molecule has 2 rings (SSSR count). The molecule has 20 heavy (non-hydrogen) atoms. The summed E-state index contributed by atoms with van der Waals surface area (Å²) in [5.74, 6) is 6.59. The maximum atomic E-state index is 12.2. The van der Waals surface area contributed by atoms with Crippen LogP contribution in [0.25, 0.3) is 0 Å². The molecule has 1 fully saturated rings. The molecule has 0 heterocycles. The number of carbonyl (C=O) groups is 1. The van der Waals surface area contributed by atoms with Gasteiger partial charge in [-0.1, -0.05) is 18.3 Å². The number of aliphatic hydroxyl groups is 1. The SMILES string of the molecule is CN(CC1CCC1)C(=O)c1ccc(C#CCCO)cc1. The van der Waals surface area contributed by atoms with Crippen molar-refractivity contribution in [2.24, 2.45) is 5.92 Å². The van der Waals surface area contributed by atoms with E-state index in [2.05, 4.69) is 11.8 Å². The second kappa shape index (κ2) is 7.12. The van der Waals surface area contributed by atoms with Gasteiger partial charge in [0.2, 0.25) is 0 Å². The monoisotopic (exact) mass is 271 g/mol. The minimum absolute atomic E-state index is 0.0757. The first-order valence-electron chi connectivity index (χ1n) is 7.16. The van der Waals surface area contributed by atoms with Crippen molar-refractivity contribution in [2.45, 2.75) is 25.7 Å². The van der Waals surface area contributed by atoms with Gasteiger partial charge in [-0.25, -0.2) is 0 Å². The van der Waals surface area contributed by atoms with Crippen LogP contribution in [0.2, 0.25) is 0 Å². The molecular weight excluding hydrogens is 250 g/mol. The minimum atomic E-state index is 0.0757. The van der Waals surface area contributed by atoms with Crippen LogP contribution in [-0.2, 0) is 0 Å². The molecule has 0 saturated heterocycles. The fourth-order valence-corrected chi connectivity index (χ4v) is 2.28. The van der Waals surface area contributed by atoms with Crippen molar-refractivity contribution in [3.8, 4) is 11.8 Å². The summed E-state index contributed by atoms with van der Waals surface area (Å²) in [4.78, 5) is 14.1. The van der Waals surface area contributed by atoms with E-state index in [-0.39, 0.29) is 12.5 Å². The molecule has 1 aliphatic rings. The smallest absolute Gasteiger partial charge is 0.253 e. The van der Waals surface area contributed by atoms with E-state index in [1.165, 1.54) is 19.3 Å². The van der Waals surface area contributed by atoms with Crippen molar-refractivity contribution in [2.75, 3.05) is 20.2 Å². The first-order valence-corrected chi connectivity index (χ1v) is 7.16. The molecule has 3 heteroatoms. The highest BCUT2D eigenvalue weighted by Crippen LogP contribution is 2.27. The second-order valence-electron chi connectivity index (χ2n) is 5.34. The first-order chi connectivity index (χ1) is 9.70. The number of aliphatic hydroxyl groups excluding tert-OH is 1. The molecule has 0 unspecified atom stereocenters. The topological polar surface area (TPSA) is 40.5 Å². The van der Waals surface area contributed by atoms with Crippen LogP contribution in [0.15, 0.2) is 24.3 Å². The van der Waals surface area contributed by atoms with E-state index in [9.17, 15) is 4.79 Å². The van der Waals surface area contributed by atoms with Crippen LogP contribution in [0.5, 0.6) is 0 Å². The lowest BCUT2D eigenvalue weighted by atomic mass is 9.85. The van der Waals surface area contributed by atoms with Gasteiger partial charge in [-0.3, -0.25) is 4.79 Å². The predicted molar refractivity (Wildman–Crippen MR) is 79.3 cm³/mol. The molecule has 1 aliphatic carbocycles. The summed E-state index contributed by atoms with van der Waals surface area (Å²) in [5, 5.41) is 8.67. The number of nitrogens with zero attached hydrogens (tertiary/aromatic N) is 1.